The minimum Gasteiger partial charge on any atom is -0.379 e. The lowest BCUT2D eigenvalue weighted by Gasteiger charge is -2.07. The molecule has 0 aliphatic heterocycles. The molecule has 6 nitrogen and oxygen atoms in total. The average molecular weight is 356 g/mol. The number of hydrogen-bond donors (Lipinski definition) is 1. The molecular formula is C16H34ClNO5. The third kappa shape index (κ3) is 22.1. The lowest BCUT2D eigenvalue weighted by atomic mass is 10.2. The Labute approximate surface area is 145 Å². The highest BCUT2D eigenvalue weighted by molar-refractivity contribution is 6.17. The zero-order valence-electron chi connectivity index (χ0n) is 14.3. The minimum absolute atomic E-state index is 0.544. The monoisotopic (exact) mass is 355 g/mol. The molecule has 0 aromatic carbocycles. The molecular weight excluding hydrogens is 322 g/mol. The molecule has 23 heavy (non-hydrogen) atoms. The fraction of sp³-hybridized carbons (Fsp3) is 1.00. The van der Waals surface area contributed by atoms with Gasteiger partial charge in [0.25, 0.3) is 0 Å². The van der Waals surface area contributed by atoms with Crippen LogP contribution in [0.4, 0.5) is 0 Å². The Balaban J connectivity index is 2.92. The molecule has 140 valence electrons. The fourth-order valence-corrected chi connectivity index (χ4v) is 1.91. The number of halogens is 1. The second-order valence-electron chi connectivity index (χ2n) is 4.95. The van der Waals surface area contributed by atoms with Crippen molar-refractivity contribution in [3.05, 3.63) is 0 Å². The molecule has 0 rings (SSSR count). The quantitative estimate of drug-likeness (QED) is 0.265. The van der Waals surface area contributed by atoms with Crippen molar-refractivity contribution in [1.82, 2.24) is 0 Å². The van der Waals surface area contributed by atoms with E-state index in [0.717, 1.165) is 25.3 Å². The van der Waals surface area contributed by atoms with E-state index >= 15 is 0 Å². The number of unbranched alkanes of at least 4 members (excludes halogenated alkanes) is 3. The SMILES string of the molecule is NCCOCCOCCOCCOCCOCCCCCCCl. The summed E-state index contributed by atoms with van der Waals surface area (Å²) >= 11 is 5.61. The molecule has 0 aliphatic carbocycles. The van der Waals surface area contributed by atoms with E-state index in [1.807, 2.05) is 0 Å². The molecule has 0 unspecified atom stereocenters. The van der Waals surface area contributed by atoms with Crippen molar-refractivity contribution in [2.24, 2.45) is 5.73 Å². The van der Waals surface area contributed by atoms with Crippen LogP contribution in [-0.4, -0.2) is 78.5 Å². The zero-order valence-corrected chi connectivity index (χ0v) is 15.1. The molecule has 7 heteroatoms. The first-order valence-electron chi connectivity index (χ1n) is 8.56. The van der Waals surface area contributed by atoms with Crippen molar-refractivity contribution in [3.8, 4) is 0 Å². The summed E-state index contributed by atoms with van der Waals surface area (Å²) < 4.78 is 26.8. The maximum absolute atomic E-state index is 5.61. The van der Waals surface area contributed by atoms with Gasteiger partial charge in [-0.1, -0.05) is 12.8 Å². The fourth-order valence-electron chi connectivity index (χ4n) is 1.72. The van der Waals surface area contributed by atoms with E-state index in [2.05, 4.69) is 0 Å². The van der Waals surface area contributed by atoms with E-state index in [4.69, 9.17) is 41.0 Å². The normalized spacial score (nSPS) is 11.2. The lowest BCUT2D eigenvalue weighted by molar-refractivity contribution is -0.0107. The van der Waals surface area contributed by atoms with Crippen molar-refractivity contribution in [1.29, 1.82) is 0 Å². The Morgan fingerprint density at radius 3 is 1.30 bits per heavy atom. The Morgan fingerprint density at radius 2 is 0.870 bits per heavy atom. The van der Waals surface area contributed by atoms with Crippen molar-refractivity contribution in [2.45, 2.75) is 25.7 Å². The zero-order chi connectivity index (χ0) is 16.8. The second-order valence-corrected chi connectivity index (χ2v) is 5.33. The molecule has 0 saturated heterocycles. The summed E-state index contributed by atoms with van der Waals surface area (Å²) in [6, 6.07) is 0. The van der Waals surface area contributed by atoms with Crippen LogP contribution < -0.4 is 5.73 Å². The van der Waals surface area contributed by atoms with E-state index < -0.39 is 0 Å². The number of alkyl halides is 1. The highest BCUT2D eigenvalue weighted by Gasteiger charge is 1.94. The Bertz CT molecular complexity index is 193. The van der Waals surface area contributed by atoms with Crippen molar-refractivity contribution < 1.29 is 23.7 Å². The van der Waals surface area contributed by atoms with Gasteiger partial charge in [-0.2, -0.15) is 0 Å². The number of rotatable bonds is 20. The molecule has 0 amide bonds. The maximum Gasteiger partial charge on any atom is 0.0701 e. The third-order valence-electron chi connectivity index (χ3n) is 2.92. The standard InChI is InChI=1S/C16H34ClNO5/c17-5-3-1-2-4-7-19-9-11-21-13-15-23-16-14-22-12-10-20-8-6-18/h1-16,18H2. The van der Waals surface area contributed by atoms with Crippen molar-refractivity contribution in [3.63, 3.8) is 0 Å². The molecule has 0 atom stereocenters. The highest BCUT2D eigenvalue weighted by Crippen LogP contribution is 2.00. The summed E-state index contributed by atoms with van der Waals surface area (Å²) in [5.41, 5.74) is 5.30. The molecule has 0 aromatic rings. The van der Waals surface area contributed by atoms with Gasteiger partial charge in [0, 0.05) is 19.0 Å². The van der Waals surface area contributed by atoms with Gasteiger partial charge < -0.3 is 29.4 Å². The first kappa shape index (κ1) is 23.1. The number of nitrogens with two attached hydrogens (primary N) is 1. The smallest absolute Gasteiger partial charge is 0.0701 e. The predicted octanol–water partition coefficient (Wildman–Crippen LogP) is 1.83. The summed E-state index contributed by atoms with van der Waals surface area (Å²) in [5.74, 6) is 0.756. The Morgan fingerprint density at radius 1 is 0.478 bits per heavy atom. The van der Waals surface area contributed by atoms with Gasteiger partial charge in [-0.05, 0) is 12.8 Å². The maximum atomic E-state index is 5.61. The van der Waals surface area contributed by atoms with Crippen LogP contribution in [-0.2, 0) is 23.7 Å². The highest BCUT2D eigenvalue weighted by atomic mass is 35.5. The first-order valence-corrected chi connectivity index (χ1v) is 9.10. The molecule has 0 bridgehead atoms. The van der Waals surface area contributed by atoms with E-state index in [1.54, 1.807) is 0 Å². The lowest BCUT2D eigenvalue weighted by Crippen LogP contribution is -2.14. The van der Waals surface area contributed by atoms with Gasteiger partial charge in [-0.25, -0.2) is 0 Å². The van der Waals surface area contributed by atoms with Crippen LogP contribution in [0.2, 0.25) is 0 Å². The summed E-state index contributed by atoms with van der Waals surface area (Å²) in [6.07, 6.45) is 4.56. The van der Waals surface area contributed by atoms with Gasteiger partial charge in [0.05, 0.1) is 59.5 Å². The van der Waals surface area contributed by atoms with Crippen molar-refractivity contribution in [2.75, 3.05) is 78.5 Å². The average Bonchev–Trinajstić information content (AvgIpc) is 2.57. The number of hydrogen-bond acceptors (Lipinski definition) is 6. The molecule has 0 fully saturated rings. The summed E-state index contributed by atoms with van der Waals surface area (Å²) in [4.78, 5) is 0. The molecule has 0 aromatic heterocycles. The van der Waals surface area contributed by atoms with Crippen LogP contribution in [0, 0.1) is 0 Å². The second kappa shape index (κ2) is 22.1. The first-order chi connectivity index (χ1) is 11.4. The predicted molar refractivity (Wildman–Crippen MR) is 92.3 cm³/mol. The van der Waals surface area contributed by atoms with Gasteiger partial charge in [-0.15, -0.1) is 11.6 Å². The van der Waals surface area contributed by atoms with Gasteiger partial charge in [0.15, 0.2) is 0 Å². The van der Waals surface area contributed by atoms with E-state index in [0.29, 0.717) is 66.0 Å². The molecule has 0 saturated carbocycles. The van der Waals surface area contributed by atoms with Gasteiger partial charge in [0.2, 0.25) is 0 Å². The van der Waals surface area contributed by atoms with Crippen LogP contribution in [0.15, 0.2) is 0 Å². The van der Waals surface area contributed by atoms with E-state index in [1.165, 1.54) is 12.8 Å². The molecule has 0 aliphatic rings. The third-order valence-corrected chi connectivity index (χ3v) is 3.19. The summed E-state index contributed by atoms with van der Waals surface area (Å²) in [5, 5.41) is 0. The largest absolute Gasteiger partial charge is 0.379 e. The van der Waals surface area contributed by atoms with Crippen LogP contribution in [0.5, 0.6) is 0 Å². The molecule has 0 heterocycles. The van der Waals surface area contributed by atoms with Crippen LogP contribution in [0.25, 0.3) is 0 Å². The van der Waals surface area contributed by atoms with Crippen LogP contribution >= 0.6 is 11.6 Å². The summed E-state index contributed by atoms with van der Waals surface area (Å²) in [6.45, 7) is 6.62. The number of ether oxygens (including phenoxy) is 5. The van der Waals surface area contributed by atoms with Gasteiger partial charge in [0.1, 0.15) is 0 Å². The minimum atomic E-state index is 0.544. The molecule has 0 spiro atoms. The molecule has 0 radical (unpaired) electrons. The molecule has 2 N–H and O–H groups in total. The topological polar surface area (TPSA) is 72.2 Å². The van der Waals surface area contributed by atoms with E-state index in [-0.39, 0.29) is 0 Å². The van der Waals surface area contributed by atoms with Gasteiger partial charge >= 0.3 is 0 Å². The summed E-state index contributed by atoms with van der Waals surface area (Å²) in [7, 11) is 0. The van der Waals surface area contributed by atoms with Crippen LogP contribution in [0.3, 0.4) is 0 Å². The van der Waals surface area contributed by atoms with Crippen molar-refractivity contribution >= 4 is 11.6 Å². The van der Waals surface area contributed by atoms with E-state index in [9.17, 15) is 0 Å². The van der Waals surface area contributed by atoms with Gasteiger partial charge in [-0.3, -0.25) is 0 Å². The Kier molecular flexibility index (Phi) is 22.1. The van der Waals surface area contributed by atoms with Crippen LogP contribution in [0.1, 0.15) is 25.7 Å². The Hall–Kier alpha value is 0.0500.